The van der Waals surface area contributed by atoms with Gasteiger partial charge in [-0.1, -0.05) is 11.6 Å². The van der Waals surface area contributed by atoms with E-state index in [0.717, 1.165) is 63.6 Å². The monoisotopic (exact) mass is 501 g/mol. The molecule has 7 rings (SSSR count). The van der Waals surface area contributed by atoms with Crippen molar-refractivity contribution in [1.29, 1.82) is 0 Å². The van der Waals surface area contributed by atoms with Crippen LogP contribution in [-0.2, 0) is 9.53 Å². The van der Waals surface area contributed by atoms with Crippen molar-refractivity contribution in [1.82, 2.24) is 15.5 Å². The molecular formula is C25H29ClFN5O3. The van der Waals surface area contributed by atoms with Gasteiger partial charge in [0.2, 0.25) is 0 Å². The Morgan fingerprint density at radius 3 is 2.74 bits per heavy atom. The second-order valence-corrected chi connectivity index (χ2v) is 10.4. The molecule has 8 nitrogen and oxygen atoms in total. The number of carbonyl (C=O) groups excluding carboxylic acids is 1. The second kappa shape index (κ2) is 8.81. The van der Waals surface area contributed by atoms with Gasteiger partial charge in [-0.3, -0.25) is 15.0 Å². The Labute approximate surface area is 208 Å². The number of anilines is 2. The molecular weight excluding hydrogens is 473 g/mol. The predicted molar refractivity (Wildman–Crippen MR) is 131 cm³/mol. The van der Waals surface area contributed by atoms with Gasteiger partial charge in [-0.2, -0.15) is 0 Å². The molecule has 2 aliphatic heterocycles. The first-order chi connectivity index (χ1) is 16.9. The molecule has 1 amide bonds. The van der Waals surface area contributed by atoms with Crippen molar-refractivity contribution in [3.05, 3.63) is 52.8 Å². The number of halogens is 2. The van der Waals surface area contributed by atoms with E-state index in [1.165, 1.54) is 17.7 Å². The number of ether oxygens (including phenoxy) is 2. The maximum absolute atomic E-state index is 13.5. The third-order valence-electron chi connectivity index (χ3n) is 7.44. The van der Waals surface area contributed by atoms with Gasteiger partial charge in [0.15, 0.2) is 6.61 Å². The topological polar surface area (TPSA) is 86.9 Å². The number of carbonyl (C=O) groups is 1. The SMILES string of the molecule is O=C(COc1ccc(Cl)c(F)c1)NC12CC(Nc3ccc4c(c3)C(N3CCOCC3)NCN4)(C1)C2. The van der Waals surface area contributed by atoms with Crippen molar-refractivity contribution in [2.24, 2.45) is 0 Å². The number of hydrogen-bond donors (Lipinski definition) is 4. The molecule has 4 fully saturated rings. The van der Waals surface area contributed by atoms with Crippen LogP contribution in [0.2, 0.25) is 5.02 Å². The Morgan fingerprint density at radius 1 is 1.17 bits per heavy atom. The van der Waals surface area contributed by atoms with E-state index in [1.807, 2.05) is 0 Å². The summed E-state index contributed by atoms with van der Waals surface area (Å²) in [6.07, 6.45) is 2.80. The molecule has 1 saturated heterocycles. The number of fused-ring (bicyclic) bond motifs is 1. The van der Waals surface area contributed by atoms with Crippen LogP contribution in [0.3, 0.4) is 0 Å². The lowest BCUT2D eigenvalue weighted by Crippen LogP contribution is -2.81. The summed E-state index contributed by atoms with van der Waals surface area (Å²) in [6.45, 7) is 3.94. The number of nitrogens with one attached hydrogen (secondary N) is 4. The van der Waals surface area contributed by atoms with Crippen LogP contribution < -0.4 is 26.0 Å². The van der Waals surface area contributed by atoms with Crippen LogP contribution >= 0.6 is 11.6 Å². The lowest BCUT2D eigenvalue weighted by Gasteiger charge is -2.70. The maximum atomic E-state index is 13.5. The molecule has 35 heavy (non-hydrogen) atoms. The minimum Gasteiger partial charge on any atom is -0.484 e. The number of amides is 1. The van der Waals surface area contributed by atoms with E-state index < -0.39 is 5.82 Å². The van der Waals surface area contributed by atoms with Crippen LogP contribution in [0.4, 0.5) is 15.8 Å². The first-order valence-electron chi connectivity index (χ1n) is 12.0. The lowest BCUT2D eigenvalue weighted by atomic mass is 9.44. The highest BCUT2D eigenvalue weighted by molar-refractivity contribution is 6.30. The van der Waals surface area contributed by atoms with Crippen molar-refractivity contribution in [2.75, 3.05) is 50.2 Å². The van der Waals surface area contributed by atoms with E-state index in [-0.39, 0.29) is 40.5 Å². The molecule has 3 aliphatic carbocycles. The van der Waals surface area contributed by atoms with E-state index in [0.29, 0.717) is 0 Å². The first kappa shape index (κ1) is 22.8. The second-order valence-electron chi connectivity index (χ2n) is 10.0. The Bertz CT molecular complexity index is 1120. The summed E-state index contributed by atoms with van der Waals surface area (Å²) in [4.78, 5) is 14.8. The minimum absolute atomic E-state index is 0.0195. The molecule has 0 spiro atoms. The van der Waals surface area contributed by atoms with E-state index in [4.69, 9.17) is 21.1 Å². The molecule has 3 saturated carbocycles. The summed E-state index contributed by atoms with van der Waals surface area (Å²) in [6, 6.07) is 10.6. The molecule has 0 aromatic heterocycles. The van der Waals surface area contributed by atoms with Gasteiger partial charge in [0.1, 0.15) is 11.6 Å². The van der Waals surface area contributed by atoms with Crippen LogP contribution in [0.15, 0.2) is 36.4 Å². The molecule has 1 unspecified atom stereocenters. The van der Waals surface area contributed by atoms with Gasteiger partial charge < -0.3 is 25.4 Å². The number of morpholine rings is 1. The van der Waals surface area contributed by atoms with Gasteiger partial charge >= 0.3 is 0 Å². The van der Waals surface area contributed by atoms with E-state index in [1.54, 1.807) is 6.07 Å². The first-order valence-corrected chi connectivity index (χ1v) is 12.4. The third kappa shape index (κ3) is 4.42. The number of nitrogens with zero attached hydrogens (tertiary/aromatic N) is 1. The highest BCUT2D eigenvalue weighted by Crippen LogP contribution is 2.61. The fraction of sp³-hybridized carbons (Fsp3) is 0.480. The van der Waals surface area contributed by atoms with Crippen LogP contribution in [0.25, 0.3) is 0 Å². The average Bonchev–Trinajstić information content (AvgIpc) is 2.83. The number of rotatable bonds is 7. The highest BCUT2D eigenvalue weighted by atomic mass is 35.5. The van der Waals surface area contributed by atoms with Crippen LogP contribution in [0.5, 0.6) is 5.75 Å². The Morgan fingerprint density at radius 2 is 1.97 bits per heavy atom. The smallest absolute Gasteiger partial charge is 0.258 e. The molecule has 0 radical (unpaired) electrons. The van der Waals surface area contributed by atoms with Gasteiger partial charge in [-0.15, -0.1) is 0 Å². The lowest BCUT2D eigenvalue weighted by molar-refractivity contribution is -0.135. The summed E-state index contributed by atoms with van der Waals surface area (Å²) >= 11 is 5.68. The van der Waals surface area contributed by atoms with Gasteiger partial charge in [-0.25, -0.2) is 4.39 Å². The highest BCUT2D eigenvalue weighted by Gasteiger charge is 2.68. The van der Waals surface area contributed by atoms with Crippen molar-refractivity contribution < 1.29 is 18.7 Å². The number of hydrogen-bond acceptors (Lipinski definition) is 7. The molecule has 10 heteroatoms. The predicted octanol–water partition coefficient (Wildman–Crippen LogP) is 3.06. The van der Waals surface area contributed by atoms with Gasteiger partial charge in [-0.05, 0) is 49.6 Å². The normalized spacial score (nSPS) is 29.1. The standard InChI is InChI=1S/C25H29ClFN5O3/c26-19-3-2-17(10-20(19)27)35-11-22(33)31-25-12-24(13-25,14-25)30-16-1-4-21-18(9-16)23(29-15-28-21)32-5-7-34-8-6-32/h1-4,9-10,23,28-30H,5-8,11-15H2,(H,31,33). The van der Waals surface area contributed by atoms with E-state index in [9.17, 15) is 9.18 Å². The van der Waals surface area contributed by atoms with Gasteiger partial charge in [0.25, 0.3) is 5.91 Å². The molecule has 2 aromatic rings. The van der Waals surface area contributed by atoms with Crippen molar-refractivity contribution in [3.63, 3.8) is 0 Å². The quantitative estimate of drug-likeness (QED) is 0.464. The summed E-state index contributed by atoms with van der Waals surface area (Å²) in [5, 5.41) is 13.9. The molecule has 5 aliphatic rings. The number of benzene rings is 2. The average molecular weight is 502 g/mol. The Hall–Kier alpha value is -2.59. The summed E-state index contributed by atoms with van der Waals surface area (Å²) < 4.78 is 24.5. The molecule has 186 valence electrons. The summed E-state index contributed by atoms with van der Waals surface area (Å²) in [5.41, 5.74) is 3.35. The molecule has 2 bridgehead atoms. The summed E-state index contributed by atoms with van der Waals surface area (Å²) in [5.74, 6) is -0.487. The van der Waals surface area contributed by atoms with Crippen molar-refractivity contribution in [2.45, 2.75) is 36.5 Å². The summed E-state index contributed by atoms with van der Waals surface area (Å²) in [7, 11) is 0. The van der Waals surface area contributed by atoms with Crippen LogP contribution in [0.1, 0.15) is 31.0 Å². The zero-order chi connectivity index (χ0) is 24.0. The molecule has 4 N–H and O–H groups in total. The largest absolute Gasteiger partial charge is 0.484 e. The molecule has 2 aromatic carbocycles. The minimum atomic E-state index is -0.568. The fourth-order valence-electron chi connectivity index (χ4n) is 5.95. The maximum Gasteiger partial charge on any atom is 0.258 e. The van der Waals surface area contributed by atoms with Gasteiger partial charge in [0, 0.05) is 47.2 Å². The van der Waals surface area contributed by atoms with E-state index >= 15 is 0 Å². The Kier molecular flexibility index (Phi) is 5.75. The van der Waals surface area contributed by atoms with Gasteiger partial charge in [0.05, 0.1) is 31.1 Å². The molecule has 2 heterocycles. The zero-order valence-electron chi connectivity index (χ0n) is 19.3. The zero-order valence-corrected chi connectivity index (χ0v) is 20.1. The third-order valence-corrected chi connectivity index (χ3v) is 7.74. The van der Waals surface area contributed by atoms with Crippen molar-refractivity contribution >= 4 is 28.9 Å². The van der Waals surface area contributed by atoms with Crippen LogP contribution in [-0.4, -0.2) is 61.5 Å². The van der Waals surface area contributed by atoms with Crippen LogP contribution in [0, 0.1) is 5.82 Å². The van der Waals surface area contributed by atoms with E-state index in [2.05, 4.69) is 44.4 Å². The molecule has 1 atom stereocenters. The van der Waals surface area contributed by atoms with Crippen molar-refractivity contribution in [3.8, 4) is 5.75 Å². The fourth-order valence-corrected chi connectivity index (χ4v) is 6.07. The Balaban J connectivity index is 1.03.